The Hall–Kier alpha value is -1.80. The molecule has 1 amide bonds. The van der Waals surface area contributed by atoms with Gasteiger partial charge in [-0.05, 0) is 48.7 Å². The lowest BCUT2D eigenvalue weighted by Gasteiger charge is -2.39. The average molecular weight is 496 g/mol. The number of carbonyl (C=O) groups excluding carboxylic acids is 1. The normalized spacial score (nSPS) is 18.7. The molecule has 2 heterocycles. The van der Waals surface area contributed by atoms with E-state index < -0.39 is 10.0 Å². The lowest BCUT2D eigenvalue weighted by atomic mass is 9.96. The first-order chi connectivity index (χ1) is 15.3. The zero-order valence-electron chi connectivity index (χ0n) is 17.8. The lowest BCUT2D eigenvalue weighted by molar-refractivity contribution is -0.137. The summed E-state index contributed by atoms with van der Waals surface area (Å²) in [5, 5.41) is 1.29. The van der Waals surface area contributed by atoms with Gasteiger partial charge in [0.15, 0.2) is 0 Å². The second kappa shape index (κ2) is 10.00. The summed E-state index contributed by atoms with van der Waals surface area (Å²) >= 11 is 12.0. The molecule has 2 fully saturated rings. The van der Waals surface area contributed by atoms with E-state index >= 15 is 0 Å². The topological polar surface area (TPSA) is 60.9 Å². The minimum absolute atomic E-state index is 0.0474. The Balaban J connectivity index is 1.28. The van der Waals surface area contributed by atoms with Gasteiger partial charge >= 0.3 is 0 Å². The van der Waals surface area contributed by atoms with E-state index in [1.165, 1.54) is 4.31 Å². The number of carbonyl (C=O) groups is 1. The molecule has 0 unspecified atom stereocenters. The van der Waals surface area contributed by atoms with Crippen LogP contribution in [0.1, 0.15) is 18.4 Å². The molecule has 32 heavy (non-hydrogen) atoms. The molecule has 2 aliphatic heterocycles. The molecule has 0 spiro atoms. The van der Waals surface area contributed by atoms with Crippen molar-refractivity contribution in [1.82, 2.24) is 9.21 Å². The molecule has 4 rings (SSSR count). The summed E-state index contributed by atoms with van der Waals surface area (Å²) in [5.41, 5.74) is 1.79. The molecule has 0 saturated carbocycles. The molecule has 0 aromatic heterocycles. The minimum Gasteiger partial charge on any atom is -0.368 e. The zero-order chi connectivity index (χ0) is 22.7. The molecule has 2 aromatic carbocycles. The van der Waals surface area contributed by atoms with E-state index in [1.54, 1.807) is 24.3 Å². The number of piperazine rings is 1. The maximum Gasteiger partial charge on any atom is 0.225 e. The van der Waals surface area contributed by atoms with Crippen molar-refractivity contribution in [3.63, 3.8) is 0 Å². The van der Waals surface area contributed by atoms with Crippen LogP contribution in [0.3, 0.4) is 0 Å². The number of hydrogen-bond donors (Lipinski definition) is 0. The summed E-state index contributed by atoms with van der Waals surface area (Å²) < 4.78 is 27.1. The van der Waals surface area contributed by atoms with E-state index in [2.05, 4.69) is 4.90 Å². The van der Waals surface area contributed by atoms with Crippen LogP contribution in [0, 0.1) is 5.92 Å². The molecule has 2 saturated heterocycles. The molecule has 172 valence electrons. The lowest BCUT2D eigenvalue weighted by Crippen LogP contribution is -2.52. The fourth-order valence-electron chi connectivity index (χ4n) is 4.38. The van der Waals surface area contributed by atoms with Crippen LogP contribution in [0.2, 0.25) is 10.0 Å². The van der Waals surface area contributed by atoms with Crippen molar-refractivity contribution in [3.05, 3.63) is 64.1 Å². The first kappa shape index (κ1) is 23.4. The number of amides is 1. The monoisotopic (exact) mass is 495 g/mol. The van der Waals surface area contributed by atoms with Gasteiger partial charge in [-0.25, -0.2) is 12.7 Å². The van der Waals surface area contributed by atoms with Crippen molar-refractivity contribution in [2.24, 2.45) is 5.92 Å². The minimum atomic E-state index is -3.42. The number of hydrogen-bond acceptors (Lipinski definition) is 4. The van der Waals surface area contributed by atoms with Crippen LogP contribution in [-0.2, 0) is 20.6 Å². The third kappa shape index (κ3) is 5.57. The fourth-order valence-corrected chi connectivity index (χ4v) is 6.25. The van der Waals surface area contributed by atoms with Gasteiger partial charge in [0.25, 0.3) is 0 Å². The Bertz CT molecular complexity index is 1050. The summed E-state index contributed by atoms with van der Waals surface area (Å²) in [5.74, 6) is -0.0194. The summed E-state index contributed by atoms with van der Waals surface area (Å²) in [7, 11) is -3.42. The van der Waals surface area contributed by atoms with Crippen molar-refractivity contribution in [2.45, 2.75) is 18.6 Å². The SMILES string of the molecule is O=C(C1CCN(S(=O)(=O)Cc2ccc(Cl)cc2)CC1)N1CCN(c2cccc(Cl)c2)CC1. The first-order valence-electron chi connectivity index (χ1n) is 10.8. The Morgan fingerprint density at radius 1 is 0.875 bits per heavy atom. The standard InChI is InChI=1S/C23H27Cl2N3O3S/c24-20-6-4-18(5-7-20)17-32(30,31)28-10-8-19(9-11-28)23(29)27-14-12-26(13-15-27)22-3-1-2-21(25)16-22/h1-7,16,19H,8-15,17H2. The number of nitrogens with zero attached hydrogens (tertiary/aromatic N) is 3. The highest BCUT2D eigenvalue weighted by Gasteiger charge is 2.34. The number of halogens is 2. The predicted octanol–water partition coefficient (Wildman–Crippen LogP) is 3.88. The molecule has 0 bridgehead atoms. The second-order valence-electron chi connectivity index (χ2n) is 8.35. The van der Waals surface area contributed by atoms with Crippen LogP contribution in [0.25, 0.3) is 0 Å². The van der Waals surface area contributed by atoms with Gasteiger partial charge in [-0.2, -0.15) is 0 Å². The van der Waals surface area contributed by atoms with Gasteiger partial charge in [0.2, 0.25) is 15.9 Å². The van der Waals surface area contributed by atoms with Crippen LogP contribution in [-0.4, -0.2) is 62.8 Å². The molecule has 0 atom stereocenters. The van der Waals surface area contributed by atoms with Crippen molar-refractivity contribution in [2.75, 3.05) is 44.2 Å². The van der Waals surface area contributed by atoms with Crippen molar-refractivity contribution < 1.29 is 13.2 Å². The Morgan fingerprint density at radius 3 is 2.16 bits per heavy atom. The van der Waals surface area contributed by atoms with Gasteiger partial charge in [0, 0.05) is 60.9 Å². The third-order valence-corrected chi connectivity index (χ3v) is 8.56. The van der Waals surface area contributed by atoms with Crippen LogP contribution >= 0.6 is 23.2 Å². The zero-order valence-corrected chi connectivity index (χ0v) is 20.1. The molecular weight excluding hydrogens is 469 g/mol. The number of rotatable bonds is 5. The highest BCUT2D eigenvalue weighted by Crippen LogP contribution is 2.26. The van der Waals surface area contributed by atoms with Gasteiger partial charge in [0.1, 0.15) is 0 Å². The highest BCUT2D eigenvalue weighted by molar-refractivity contribution is 7.88. The Morgan fingerprint density at radius 2 is 1.53 bits per heavy atom. The molecule has 9 heteroatoms. The highest BCUT2D eigenvalue weighted by atomic mass is 35.5. The Labute approximate surface area is 199 Å². The molecule has 0 radical (unpaired) electrons. The molecule has 0 aliphatic carbocycles. The van der Waals surface area contributed by atoms with E-state index in [0.717, 1.165) is 18.8 Å². The molecule has 2 aromatic rings. The van der Waals surface area contributed by atoms with Crippen molar-refractivity contribution >= 4 is 44.8 Å². The maximum absolute atomic E-state index is 13.0. The van der Waals surface area contributed by atoms with Gasteiger partial charge in [-0.15, -0.1) is 0 Å². The molecule has 0 N–H and O–H groups in total. The summed E-state index contributed by atoms with van der Waals surface area (Å²) in [6, 6.07) is 14.6. The Kier molecular flexibility index (Phi) is 7.30. The largest absolute Gasteiger partial charge is 0.368 e. The number of sulfonamides is 1. The van der Waals surface area contributed by atoms with E-state index in [9.17, 15) is 13.2 Å². The van der Waals surface area contributed by atoms with Crippen LogP contribution in [0.15, 0.2) is 48.5 Å². The second-order valence-corrected chi connectivity index (χ2v) is 11.2. The van der Waals surface area contributed by atoms with Crippen LogP contribution in [0.4, 0.5) is 5.69 Å². The number of anilines is 1. The quantitative estimate of drug-likeness (QED) is 0.631. The van der Waals surface area contributed by atoms with Gasteiger partial charge in [0.05, 0.1) is 5.75 Å². The van der Waals surface area contributed by atoms with Crippen molar-refractivity contribution in [3.8, 4) is 0 Å². The van der Waals surface area contributed by atoms with E-state index in [1.807, 2.05) is 29.2 Å². The first-order valence-corrected chi connectivity index (χ1v) is 13.2. The third-order valence-electron chi connectivity index (χ3n) is 6.22. The van der Waals surface area contributed by atoms with Crippen LogP contribution < -0.4 is 4.90 Å². The summed E-state index contributed by atoms with van der Waals surface area (Å²) in [4.78, 5) is 17.2. The van der Waals surface area contributed by atoms with E-state index in [0.29, 0.717) is 54.6 Å². The van der Waals surface area contributed by atoms with Crippen LogP contribution in [0.5, 0.6) is 0 Å². The van der Waals surface area contributed by atoms with Gasteiger partial charge in [-0.1, -0.05) is 41.4 Å². The summed E-state index contributed by atoms with van der Waals surface area (Å²) in [6.07, 6.45) is 1.13. The molecular formula is C23H27Cl2N3O3S. The van der Waals surface area contributed by atoms with Gasteiger partial charge < -0.3 is 9.80 Å². The van der Waals surface area contributed by atoms with E-state index in [-0.39, 0.29) is 17.6 Å². The van der Waals surface area contributed by atoms with E-state index in [4.69, 9.17) is 23.2 Å². The molecule has 2 aliphatic rings. The number of benzene rings is 2. The average Bonchev–Trinajstić information content (AvgIpc) is 2.80. The van der Waals surface area contributed by atoms with Crippen molar-refractivity contribution in [1.29, 1.82) is 0 Å². The van der Waals surface area contributed by atoms with Gasteiger partial charge in [-0.3, -0.25) is 4.79 Å². The smallest absolute Gasteiger partial charge is 0.225 e. The summed E-state index contributed by atoms with van der Waals surface area (Å²) in [6.45, 7) is 3.63. The molecule has 6 nitrogen and oxygen atoms in total. The number of piperidine rings is 1. The maximum atomic E-state index is 13.0. The fraction of sp³-hybridized carbons (Fsp3) is 0.435. The predicted molar refractivity (Wildman–Crippen MR) is 129 cm³/mol.